The van der Waals surface area contributed by atoms with Crippen molar-refractivity contribution < 1.29 is 24.5 Å². The van der Waals surface area contributed by atoms with E-state index in [1.807, 2.05) is 30.3 Å². The lowest BCUT2D eigenvalue weighted by molar-refractivity contribution is -0.127. The number of hydrogen-bond donors (Lipinski definition) is 2. The van der Waals surface area contributed by atoms with Crippen molar-refractivity contribution in [1.29, 1.82) is 0 Å². The Morgan fingerprint density at radius 2 is 1.73 bits per heavy atom. The molecule has 0 saturated heterocycles. The van der Waals surface area contributed by atoms with Crippen LogP contribution in [0.3, 0.4) is 0 Å². The van der Waals surface area contributed by atoms with Crippen LogP contribution in [-0.4, -0.2) is 28.4 Å². The van der Waals surface area contributed by atoms with Crippen LogP contribution in [0.5, 0.6) is 11.5 Å². The minimum atomic E-state index is -0.386. The number of phenols is 2. The Morgan fingerprint density at radius 3 is 2.45 bits per heavy atom. The summed E-state index contributed by atoms with van der Waals surface area (Å²) >= 11 is 0. The molecule has 0 unspecified atom stereocenters. The predicted octanol–water partition coefficient (Wildman–Crippen LogP) is 8.08. The summed E-state index contributed by atoms with van der Waals surface area (Å²) in [5, 5.41) is 21.2. The highest BCUT2D eigenvalue weighted by Gasteiger charge is 2.47. The maximum absolute atomic E-state index is 12.8. The van der Waals surface area contributed by atoms with Gasteiger partial charge in [-0.2, -0.15) is 0 Å². The molecule has 2 fully saturated rings. The van der Waals surface area contributed by atoms with Gasteiger partial charge in [0.05, 0.1) is 18.3 Å². The largest absolute Gasteiger partial charge is 0.504 e. The van der Waals surface area contributed by atoms with Gasteiger partial charge in [-0.25, -0.2) is 0 Å². The molecule has 214 valence electrons. The maximum Gasteiger partial charge on any atom is 0.168 e. The van der Waals surface area contributed by atoms with Crippen molar-refractivity contribution in [1.82, 2.24) is 0 Å². The van der Waals surface area contributed by atoms with Gasteiger partial charge in [0.15, 0.2) is 17.8 Å². The molecule has 0 spiro atoms. The molecular formula is C35H44O5. The van der Waals surface area contributed by atoms with Crippen molar-refractivity contribution in [3.8, 4) is 22.6 Å². The Balaban J connectivity index is 1.40. The van der Waals surface area contributed by atoms with E-state index in [0.29, 0.717) is 35.0 Å². The lowest BCUT2D eigenvalue weighted by atomic mass is 9.60. The summed E-state index contributed by atoms with van der Waals surface area (Å²) in [6, 6.07) is 9.65. The summed E-state index contributed by atoms with van der Waals surface area (Å²) in [6.07, 6.45) is 11.7. The number of ether oxygens (including phenoxy) is 1. The highest BCUT2D eigenvalue weighted by Crippen LogP contribution is 2.53. The molecule has 5 atom stereocenters. The van der Waals surface area contributed by atoms with E-state index in [0.717, 1.165) is 68.9 Å². The maximum atomic E-state index is 12.8. The molecule has 40 heavy (non-hydrogen) atoms. The van der Waals surface area contributed by atoms with Crippen LogP contribution in [0.1, 0.15) is 100 Å². The summed E-state index contributed by atoms with van der Waals surface area (Å²) in [6.45, 7) is 8.92. The van der Waals surface area contributed by atoms with Gasteiger partial charge in [0.1, 0.15) is 5.78 Å². The second-order valence-corrected chi connectivity index (χ2v) is 13.0. The van der Waals surface area contributed by atoms with Crippen molar-refractivity contribution in [3.63, 3.8) is 0 Å². The highest BCUT2D eigenvalue weighted by molar-refractivity contribution is 5.90. The van der Waals surface area contributed by atoms with Gasteiger partial charge in [-0.1, -0.05) is 62.8 Å². The van der Waals surface area contributed by atoms with E-state index >= 15 is 0 Å². The minimum Gasteiger partial charge on any atom is -0.504 e. The third-order valence-corrected chi connectivity index (χ3v) is 11.0. The quantitative estimate of drug-likeness (QED) is 0.226. The second kappa shape index (κ2) is 11.2. The molecule has 2 aromatic carbocycles. The van der Waals surface area contributed by atoms with E-state index in [1.54, 1.807) is 6.92 Å². The molecular weight excluding hydrogens is 500 g/mol. The number of rotatable bonds is 5. The highest BCUT2D eigenvalue weighted by atomic mass is 16.5. The number of carbonyl (C=O) groups excluding carboxylic acids is 2. The molecule has 5 nitrogen and oxygen atoms in total. The van der Waals surface area contributed by atoms with Gasteiger partial charge in [-0.05, 0) is 86.7 Å². The molecule has 5 heteroatoms. The number of aldehydes is 1. The first kappa shape index (κ1) is 28.6. The molecule has 0 radical (unpaired) electrons. The van der Waals surface area contributed by atoms with Crippen molar-refractivity contribution >= 4 is 12.1 Å². The van der Waals surface area contributed by atoms with Gasteiger partial charge in [0, 0.05) is 23.0 Å². The first-order valence-corrected chi connectivity index (χ1v) is 15.0. The monoisotopic (exact) mass is 544 g/mol. The number of carbonyl (C=O) groups is 2. The predicted molar refractivity (Wildman–Crippen MR) is 157 cm³/mol. The Labute approximate surface area is 238 Å². The van der Waals surface area contributed by atoms with Crippen LogP contribution in [0.4, 0.5) is 0 Å². The summed E-state index contributed by atoms with van der Waals surface area (Å²) < 4.78 is 6.54. The van der Waals surface area contributed by atoms with Gasteiger partial charge >= 0.3 is 0 Å². The molecule has 2 aromatic rings. The van der Waals surface area contributed by atoms with E-state index < -0.39 is 0 Å². The van der Waals surface area contributed by atoms with Gasteiger partial charge < -0.3 is 14.9 Å². The fraction of sp³-hybridized carbons (Fsp3) is 0.543. The number of benzene rings is 2. The van der Waals surface area contributed by atoms with Gasteiger partial charge in [-0.15, -0.1) is 0 Å². The zero-order valence-corrected chi connectivity index (χ0v) is 24.5. The standard InChI is InChI=1S/C35H44O5/c1-22-15-17-35(4)25(13-14-30(35)37)11-8-12-26-19-27(16-18-34(22,26)3)40-21-29-28(20-36)33(39)32(38)23(2)31(29)24-9-6-5-7-10-24/h5-7,9-10,12,20,22,25,27,38-39H,8,11,13-19,21H2,1-4H3/b26-12-/t22-,25-,27+,34-,35+/m1/s1. The molecule has 0 bridgehead atoms. The summed E-state index contributed by atoms with van der Waals surface area (Å²) in [7, 11) is 0. The SMILES string of the molecule is Cc1c(O)c(O)c(C=O)c(CO[C@H]2CC[C@@]3(C)/C(=C\CC[C@@H]4CCC(=O)[C@@]4(C)CC[C@H]3C)C2)c1-c1ccccc1. The van der Waals surface area contributed by atoms with Crippen molar-refractivity contribution in [2.24, 2.45) is 22.7 Å². The topological polar surface area (TPSA) is 83.8 Å². The van der Waals surface area contributed by atoms with Crippen LogP contribution in [0, 0.1) is 29.6 Å². The lowest BCUT2D eigenvalue weighted by Gasteiger charge is -2.46. The average molecular weight is 545 g/mol. The smallest absolute Gasteiger partial charge is 0.168 e. The third-order valence-electron chi connectivity index (χ3n) is 11.0. The van der Waals surface area contributed by atoms with Crippen molar-refractivity contribution in [3.05, 3.63) is 58.7 Å². The van der Waals surface area contributed by atoms with Crippen LogP contribution < -0.4 is 0 Å². The molecule has 0 aromatic heterocycles. The second-order valence-electron chi connectivity index (χ2n) is 13.0. The van der Waals surface area contributed by atoms with Gasteiger partial charge in [0.2, 0.25) is 0 Å². The van der Waals surface area contributed by atoms with E-state index in [4.69, 9.17) is 4.74 Å². The molecule has 2 N–H and O–H groups in total. The molecule has 5 rings (SSSR count). The molecule has 0 heterocycles. The van der Waals surface area contributed by atoms with E-state index in [2.05, 4.69) is 26.8 Å². The summed E-state index contributed by atoms with van der Waals surface area (Å²) in [4.78, 5) is 24.9. The molecule has 0 aliphatic heterocycles. The lowest BCUT2D eigenvalue weighted by Crippen LogP contribution is -2.38. The fourth-order valence-electron chi connectivity index (χ4n) is 7.86. The number of phenolic OH excluding ortho intramolecular Hbond substituents is 2. The Bertz CT molecular complexity index is 1310. The summed E-state index contributed by atoms with van der Waals surface area (Å²) in [5.74, 6) is 0.776. The normalized spacial score (nSPS) is 32.0. The van der Waals surface area contributed by atoms with E-state index in [-0.39, 0.29) is 40.6 Å². The van der Waals surface area contributed by atoms with Crippen LogP contribution in [0.2, 0.25) is 0 Å². The number of hydrogen-bond acceptors (Lipinski definition) is 5. The number of aromatic hydroxyl groups is 2. The van der Waals surface area contributed by atoms with E-state index in [9.17, 15) is 19.8 Å². The van der Waals surface area contributed by atoms with Crippen LogP contribution in [-0.2, 0) is 16.1 Å². The fourth-order valence-corrected chi connectivity index (χ4v) is 7.86. The zero-order valence-electron chi connectivity index (χ0n) is 24.5. The van der Waals surface area contributed by atoms with Crippen molar-refractivity contribution in [2.75, 3.05) is 0 Å². The van der Waals surface area contributed by atoms with E-state index in [1.165, 1.54) is 5.57 Å². The number of allylic oxidation sites excluding steroid dienone is 1. The molecule has 3 aliphatic carbocycles. The van der Waals surface area contributed by atoms with Crippen LogP contribution in [0.15, 0.2) is 42.0 Å². The number of fused-ring (bicyclic) bond motifs is 2. The minimum absolute atomic E-state index is 0.00664. The van der Waals surface area contributed by atoms with Crippen molar-refractivity contribution in [2.45, 2.75) is 98.2 Å². The average Bonchev–Trinajstić information content (AvgIpc) is 3.24. The molecule has 0 amide bonds. The molecule has 2 saturated carbocycles. The first-order chi connectivity index (χ1) is 19.1. The van der Waals surface area contributed by atoms with Gasteiger partial charge in [-0.3, -0.25) is 9.59 Å². The Hall–Kier alpha value is -2.92. The van der Waals surface area contributed by atoms with Crippen LogP contribution >= 0.6 is 0 Å². The zero-order chi connectivity index (χ0) is 28.7. The molecule has 3 aliphatic rings. The Morgan fingerprint density at radius 1 is 1.00 bits per heavy atom. The first-order valence-electron chi connectivity index (χ1n) is 15.0. The number of Topliss-reactive ketones (excluding diaryl/α,β-unsaturated/α-hetero) is 1. The van der Waals surface area contributed by atoms with Gasteiger partial charge in [0.25, 0.3) is 0 Å². The Kier molecular flexibility index (Phi) is 7.98. The third kappa shape index (κ3) is 4.91. The number of ketones is 1. The van der Waals surface area contributed by atoms with Crippen LogP contribution in [0.25, 0.3) is 11.1 Å². The summed E-state index contributed by atoms with van der Waals surface area (Å²) in [5.41, 5.74) is 4.23.